The van der Waals surface area contributed by atoms with Crippen LogP contribution in [0.2, 0.25) is 0 Å². The summed E-state index contributed by atoms with van der Waals surface area (Å²) in [5.74, 6) is 0. The Morgan fingerprint density at radius 2 is 1.54 bits per heavy atom. The fraction of sp³-hybridized carbons (Fsp3) is 0.0526. The highest BCUT2D eigenvalue weighted by Gasteiger charge is 2.38. The number of nitro groups is 1. The lowest BCUT2D eigenvalue weighted by molar-refractivity contribution is -0.384. The van der Waals surface area contributed by atoms with Crippen LogP contribution < -0.4 is 0 Å². The van der Waals surface area contributed by atoms with Gasteiger partial charge in [0.25, 0.3) is 5.69 Å². The molecule has 5 nitrogen and oxygen atoms in total. The standard InChI is InChI=1S/C19H13N3O2/c20-14-19(15-6-2-1-3-7-15,18-8-4-5-13-21-18)16-9-11-17(12-10-16)22(23)24/h1-13H. The van der Waals surface area contributed by atoms with E-state index in [4.69, 9.17) is 0 Å². The van der Waals surface area contributed by atoms with E-state index in [-0.39, 0.29) is 5.69 Å². The number of hydrogen-bond acceptors (Lipinski definition) is 4. The number of rotatable bonds is 4. The molecule has 0 radical (unpaired) electrons. The summed E-state index contributed by atoms with van der Waals surface area (Å²) in [6, 6.07) is 23.1. The molecular formula is C19H13N3O2. The second-order valence-electron chi connectivity index (χ2n) is 5.25. The molecule has 0 amide bonds. The Labute approximate surface area is 139 Å². The van der Waals surface area contributed by atoms with E-state index < -0.39 is 10.3 Å². The van der Waals surface area contributed by atoms with Crippen molar-refractivity contribution in [2.45, 2.75) is 5.41 Å². The summed E-state index contributed by atoms with van der Waals surface area (Å²) >= 11 is 0. The van der Waals surface area contributed by atoms with Gasteiger partial charge in [-0.25, -0.2) is 0 Å². The Bertz CT molecular complexity index is 846. The number of non-ortho nitro benzene ring substituents is 1. The predicted molar refractivity (Wildman–Crippen MR) is 89.3 cm³/mol. The largest absolute Gasteiger partial charge is 0.269 e. The minimum atomic E-state index is -1.13. The molecule has 0 N–H and O–H groups in total. The average Bonchev–Trinajstić information content (AvgIpc) is 2.65. The maximum Gasteiger partial charge on any atom is 0.269 e. The molecule has 0 aliphatic heterocycles. The van der Waals surface area contributed by atoms with E-state index in [0.717, 1.165) is 5.56 Å². The van der Waals surface area contributed by atoms with Gasteiger partial charge in [0.1, 0.15) is 5.41 Å². The van der Waals surface area contributed by atoms with E-state index in [1.165, 1.54) is 12.1 Å². The minimum absolute atomic E-state index is 0.0142. The van der Waals surface area contributed by atoms with Crippen molar-refractivity contribution in [3.05, 3.63) is 106 Å². The van der Waals surface area contributed by atoms with Crippen molar-refractivity contribution in [1.29, 1.82) is 5.26 Å². The van der Waals surface area contributed by atoms with Crippen molar-refractivity contribution < 1.29 is 4.92 Å². The van der Waals surface area contributed by atoms with E-state index >= 15 is 0 Å². The molecule has 0 fully saturated rings. The van der Waals surface area contributed by atoms with Gasteiger partial charge in [-0.15, -0.1) is 0 Å². The van der Waals surface area contributed by atoms with Gasteiger partial charge in [-0.05, 0) is 35.4 Å². The molecule has 0 aliphatic rings. The number of aromatic nitrogens is 1. The van der Waals surface area contributed by atoms with Crippen LogP contribution >= 0.6 is 0 Å². The first kappa shape index (κ1) is 15.4. The summed E-state index contributed by atoms with van der Waals surface area (Å²) in [6.07, 6.45) is 1.63. The van der Waals surface area contributed by atoms with Crippen LogP contribution in [0.5, 0.6) is 0 Å². The normalized spacial score (nSPS) is 12.8. The van der Waals surface area contributed by atoms with E-state index in [9.17, 15) is 15.4 Å². The Balaban J connectivity index is 2.26. The van der Waals surface area contributed by atoms with Crippen molar-refractivity contribution in [3.63, 3.8) is 0 Å². The lowest BCUT2D eigenvalue weighted by Gasteiger charge is -2.27. The molecule has 0 saturated carbocycles. The zero-order valence-corrected chi connectivity index (χ0v) is 12.7. The molecule has 2 aromatic carbocycles. The Morgan fingerprint density at radius 3 is 2.08 bits per heavy atom. The minimum Gasteiger partial charge on any atom is -0.259 e. The van der Waals surface area contributed by atoms with Crippen molar-refractivity contribution in [2.75, 3.05) is 0 Å². The van der Waals surface area contributed by atoms with Gasteiger partial charge in [0, 0.05) is 18.3 Å². The summed E-state index contributed by atoms with van der Waals surface area (Å²) in [6.45, 7) is 0. The third-order valence-electron chi connectivity index (χ3n) is 3.93. The number of benzene rings is 2. The third kappa shape index (κ3) is 2.50. The lowest BCUT2D eigenvalue weighted by atomic mass is 9.73. The molecule has 116 valence electrons. The monoisotopic (exact) mass is 315 g/mol. The van der Waals surface area contributed by atoms with Gasteiger partial charge < -0.3 is 0 Å². The van der Waals surface area contributed by atoms with E-state index in [2.05, 4.69) is 11.1 Å². The van der Waals surface area contributed by atoms with Crippen LogP contribution in [0.25, 0.3) is 0 Å². The zero-order valence-electron chi connectivity index (χ0n) is 12.7. The molecule has 1 heterocycles. The van der Waals surface area contributed by atoms with Gasteiger partial charge in [-0.3, -0.25) is 15.1 Å². The van der Waals surface area contributed by atoms with Gasteiger partial charge in [0.2, 0.25) is 0 Å². The highest BCUT2D eigenvalue weighted by atomic mass is 16.6. The summed E-state index contributed by atoms with van der Waals surface area (Å²) in [5.41, 5.74) is 0.838. The summed E-state index contributed by atoms with van der Waals surface area (Å²) in [7, 11) is 0. The van der Waals surface area contributed by atoms with Gasteiger partial charge >= 0.3 is 0 Å². The van der Waals surface area contributed by atoms with E-state index in [1.54, 1.807) is 30.5 Å². The molecule has 1 unspecified atom stereocenters. The van der Waals surface area contributed by atoms with E-state index in [0.29, 0.717) is 11.3 Å². The molecular weight excluding hydrogens is 302 g/mol. The second-order valence-corrected chi connectivity index (χ2v) is 5.25. The second kappa shape index (κ2) is 6.31. The average molecular weight is 315 g/mol. The molecule has 3 rings (SSSR count). The zero-order chi connectivity index (χ0) is 17.0. The molecule has 0 saturated heterocycles. The van der Waals surface area contributed by atoms with E-state index in [1.807, 2.05) is 36.4 Å². The SMILES string of the molecule is N#CC(c1ccccc1)(c1ccc([N+](=O)[O-])cc1)c1ccccn1. The quantitative estimate of drug-likeness (QED) is 0.541. The molecule has 0 spiro atoms. The molecule has 3 aromatic rings. The fourth-order valence-electron chi connectivity index (χ4n) is 2.75. The first-order valence-electron chi connectivity index (χ1n) is 7.31. The predicted octanol–water partition coefficient (Wildman–Crippen LogP) is 3.85. The molecule has 1 aromatic heterocycles. The summed E-state index contributed by atoms with van der Waals surface area (Å²) < 4.78 is 0. The van der Waals surface area contributed by atoms with Crippen LogP contribution in [0, 0.1) is 21.4 Å². The molecule has 5 heteroatoms. The highest BCUT2D eigenvalue weighted by Crippen LogP contribution is 2.38. The van der Waals surface area contributed by atoms with Crippen molar-refractivity contribution in [1.82, 2.24) is 4.98 Å². The molecule has 24 heavy (non-hydrogen) atoms. The van der Waals surface area contributed by atoms with Gasteiger partial charge in [0.05, 0.1) is 16.7 Å². The Kier molecular flexibility index (Phi) is 4.04. The Morgan fingerprint density at radius 1 is 0.917 bits per heavy atom. The lowest BCUT2D eigenvalue weighted by Crippen LogP contribution is -2.28. The summed E-state index contributed by atoms with van der Waals surface area (Å²) in [4.78, 5) is 14.8. The molecule has 0 aliphatic carbocycles. The first-order chi connectivity index (χ1) is 11.7. The molecule has 0 bridgehead atoms. The van der Waals surface area contributed by atoms with Crippen LogP contribution in [0.15, 0.2) is 79.0 Å². The van der Waals surface area contributed by atoms with Crippen molar-refractivity contribution in [3.8, 4) is 6.07 Å². The van der Waals surface area contributed by atoms with Gasteiger partial charge in [-0.1, -0.05) is 36.4 Å². The third-order valence-corrected chi connectivity index (χ3v) is 3.93. The topological polar surface area (TPSA) is 79.8 Å². The van der Waals surface area contributed by atoms with Crippen LogP contribution in [-0.4, -0.2) is 9.91 Å². The number of hydrogen-bond donors (Lipinski definition) is 0. The number of pyridine rings is 1. The maximum atomic E-state index is 10.9. The van der Waals surface area contributed by atoms with Crippen molar-refractivity contribution >= 4 is 5.69 Å². The first-order valence-corrected chi connectivity index (χ1v) is 7.31. The Hall–Kier alpha value is -3.52. The summed E-state index contributed by atoms with van der Waals surface area (Å²) in [5, 5.41) is 21.0. The fourth-order valence-corrected chi connectivity index (χ4v) is 2.75. The van der Waals surface area contributed by atoms with Gasteiger partial charge in [-0.2, -0.15) is 5.26 Å². The van der Waals surface area contributed by atoms with Crippen molar-refractivity contribution in [2.24, 2.45) is 0 Å². The molecule has 1 atom stereocenters. The number of nitrogens with zero attached hydrogens (tertiary/aromatic N) is 3. The highest BCUT2D eigenvalue weighted by molar-refractivity contribution is 5.55. The maximum absolute atomic E-state index is 10.9. The van der Waals surface area contributed by atoms with Crippen LogP contribution in [0.4, 0.5) is 5.69 Å². The number of nitro benzene ring substituents is 1. The number of nitriles is 1. The van der Waals surface area contributed by atoms with Crippen LogP contribution in [0.3, 0.4) is 0 Å². The smallest absolute Gasteiger partial charge is 0.259 e. The van der Waals surface area contributed by atoms with Crippen LogP contribution in [-0.2, 0) is 5.41 Å². The van der Waals surface area contributed by atoms with Crippen LogP contribution in [0.1, 0.15) is 16.8 Å². The van der Waals surface area contributed by atoms with Gasteiger partial charge in [0.15, 0.2) is 0 Å².